The van der Waals surface area contributed by atoms with Crippen LogP contribution < -0.4 is 9.80 Å². The van der Waals surface area contributed by atoms with Gasteiger partial charge in [-0.15, -0.1) is 0 Å². The lowest BCUT2D eigenvalue weighted by Crippen LogP contribution is -2.24. The summed E-state index contributed by atoms with van der Waals surface area (Å²) in [4.78, 5) is 3.92. The third-order valence-corrected chi connectivity index (χ3v) is 3.64. The molecule has 1 heterocycles. The molecule has 0 aromatic heterocycles. The minimum Gasteiger partial charge on any atom is -0.355 e. The van der Waals surface area contributed by atoms with E-state index in [2.05, 4.69) is 0 Å². The van der Waals surface area contributed by atoms with Gasteiger partial charge in [-0.3, -0.25) is 0 Å². The van der Waals surface area contributed by atoms with Crippen LogP contribution in [0.15, 0.2) is 42.5 Å². The number of hydrogen-bond donors (Lipinski definition) is 0. The van der Waals surface area contributed by atoms with Crippen molar-refractivity contribution in [2.75, 3.05) is 23.5 Å². The predicted octanol–water partition coefficient (Wildman–Crippen LogP) is 4.56. The first-order valence-corrected chi connectivity index (χ1v) is 6.63. The highest BCUT2D eigenvalue weighted by atomic mass is 19.4. The molecule has 0 spiro atoms. The van der Waals surface area contributed by atoms with Gasteiger partial charge < -0.3 is 9.80 Å². The molecule has 0 fully saturated rings. The molecule has 2 aromatic carbocycles. The van der Waals surface area contributed by atoms with E-state index in [0.29, 0.717) is 17.9 Å². The van der Waals surface area contributed by atoms with Crippen LogP contribution in [0, 0.1) is 6.92 Å². The van der Waals surface area contributed by atoms with Gasteiger partial charge in [0, 0.05) is 12.7 Å². The van der Waals surface area contributed by atoms with Crippen LogP contribution >= 0.6 is 0 Å². The number of hydrogen-bond acceptors (Lipinski definition) is 2. The van der Waals surface area contributed by atoms with Crippen LogP contribution in [0.2, 0.25) is 0 Å². The van der Waals surface area contributed by atoms with Crippen molar-refractivity contribution in [1.29, 1.82) is 0 Å². The lowest BCUT2D eigenvalue weighted by atomic mass is 10.1. The van der Waals surface area contributed by atoms with Gasteiger partial charge in [0.1, 0.15) is 0 Å². The molecular weight excluding hydrogens is 277 g/mol. The summed E-state index contributed by atoms with van der Waals surface area (Å²) in [6.45, 7) is 2.23. The van der Waals surface area contributed by atoms with Gasteiger partial charge in [0.25, 0.3) is 0 Å². The maximum absolute atomic E-state index is 13.0. The van der Waals surface area contributed by atoms with Gasteiger partial charge in [0.05, 0.1) is 23.6 Å². The molecule has 0 aliphatic carbocycles. The van der Waals surface area contributed by atoms with Gasteiger partial charge in [-0.05, 0) is 42.8 Å². The number of rotatable bonds is 1. The number of alkyl halides is 3. The first kappa shape index (κ1) is 13.8. The van der Waals surface area contributed by atoms with Crippen molar-refractivity contribution in [3.8, 4) is 0 Å². The third-order valence-electron chi connectivity index (χ3n) is 3.64. The van der Waals surface area contributed by atoms with Crippen LogP contribution in [-0.4, -0.2) is 13.7 Å². The highest BCUT2D eigenvalue weighted by molar-refractivity contribution is 5.82. The molecule has 5 heteroatoms. The SMILES string of the molecule is Cc1cc(N2CN(C)c3ccccc32)cc(C(F)(F)F)c1. The van der Waals surface area contributed by atoms with Gasteiger partial charge in [0.2, 0.25) is 0 Å². The Labute approximate surface area is 121 Å². The summed E-state index contributed by atoms with van der Waals surface area (Å²) in [6, 6.07) is 11.9. The predicted molar refractivity (Wildman–Crippen MR) is 78.0 cm³/mol. The minimum absolute atomic E-state index is 0.542. The van der Waals surface area contributed by atoms with Crippen LogP contribution in [0.4, 0.5) is 30.2 Å². The molecule has 0 N–H and O–H groups in total. The van der Waals surface area contributed by atoms with E-state index in [4.69, 9.17) is 0 Å². The second-order valence-corrected chi connectivity index (χ2v) is 5.31. The smallest absolute Gasteiger partial charge is 0.355 e. The van der Waals surface area contributed by atoms with Gasteiger partial charge in [-0.25, -0.2) is 0 Å². The molecular formula is C16H15F3N2. The van der Waals surface area contributed by atoms with Crippen molar-refractivity contribution in [3.05, 3.63) is 53.6 Å². The topological polar surface area (TPSA) is 6.48 Å². The lowest BCUT2D eigenvalue weighted by molar-refractivity contribution is -0.137. The Morgan fingerprint density at radius 2 is 1.67 bits per heavy atom. The summed E-state index contributed by atoms with van der Waals surface area (Å²) < 4.78 is 38.9. The molecule has 3 rings (SSSR count). The average molecular weight is 292 g/mol. The van der Waals surface area contributed by atoms with Crippen molar-refractivity contribution in [1.82, 2.24) is 0 Å². The largest absolute Gasteiger partial charge is 0.416 e. The van der Waals surface area contributed by atoms with Crippen molar-refractivity contribution in [2.45, 2.75) is 13.1 Å². The summed E-state index contributed by atoms with van der Waals surface area (Å²) in [6.07, 6.45) is -4.33. The highest BCUT2D eigenvalue weighted by Crippen LogP contribution is 2.41. The van der Waals surface area contributed by atoms with E-state index in [1.54, 1.807) is 13.0 Å². The summed E-state index contributed by atoms with van der Waals surface area (Å²) in [7, 11) is 1.93. The van der Waals surface area contributed by atoms with Crippen molar-refractivity contribution in [3.63, 3.8) is 0 Å². The number of anilines is 3. The van der Waals surface area contributed by atoms with E-state index in [0.717, 1.165) is 11.4 Å². The van der Waals surface area contributed by atoms with Gasteiger partial charge >= 0.3 is 6.18 Å². The Morgan fingerprint density at radius 1 is 1.00 bits per heavy atom. The zero-order valence-electron chi connectivity index (χ0n) is 11.8. The van der Waals surface area contributed by atoms with Crippen LogP contribution in [0.25, 0.3) is 0 Å². The molecule has 0 bridgehead atoms. The number of nitrogens with zero attached hydrogens (tertiary/aromatic N) is 2. The Bertz CT molecular complexity index is 679. The molecule has 0 saturated heterocycles. The summed E-state index contributed by atoms with van der Waals surface area (Å²) in [5.74, 6) is 0. The van der Waals surface area contributed by atoms with E-state index in [-0.39, 0.29) is 0 Å². The third kappa shape index (κ3) is 2.44. The van der Waals surface area contributed by atoms with Crippen molar-refractivity contribution < 1.29 is 13.2 Å². The second kappa shape index (κ2) is 4.69. The Morgan fingerprint density at radius 3 is 2.33 bits per heavy atom. The molecule has 0 radical (unpaired) electrons. The number of aryl methyl sites for hydroxylation is 1. The van der Waals surface area contributed by atoms with Gasteiger partial charge in [0.15, 0.2) is 0 Å². The van der Waals surface area contributed by atoms with Crippen LogP contribution in [0.3, 0.4) is 0 Å². The van der Waals surface area contributed by atoms with E-state index >= 15 is 0 Å². The fraction of sp³-hybridized carbons (Fsp3) is 0.250. The highest BCUT2D eigenvalue weighted by Gasteiger charge is 2.32. The molecule has 21 heavy (non-hydrogen) atoms. The molecule has 1 aliphatic rings. The van der Waals surface area contributed by atoms with Crippen LogP contribution in [0.1, 0.15) is 11.1 Å². The molecule has 2 nitrogen and oxygen atoms in total. The maximum Gasteiger partial charge on any atom is 0.416 e. The summed E-state index contributed by atoms with van der Waals surface area (Å²) in [5, 5.41) is 0. The van der Waals surface area contributed by atoms with E-state index in [1.807, 2.05) is 41.1 Å². The van der Waals surface area contributed by atoms with Gasteiger partial charge in [-0.2, -0.15) is 13.2 Å². The molecule has 0 saturated carbocycles. The number of benzene rings is 2. The Hall–Kier alpha value is -2.17. The lowest BCUT2D eigenvalue weighted by Gasteiger charge is -2.21. The second-order valence-electron chi connectivity index (χ2n) is 5.31. The van der Waals surface area contributed by atoms with E-state index in [9.17, 15) is 13.2 Å². The molecule has 0 atom stereocenters. The molecule has 0 unspecified atom stereocenters. The van der Waals surface area contributed by atoms with Crippen LogP contribution in [-0.2, 0) is 6.18 Å². The molecule has 1 aliphatic heterocycles. The minimum atomic E-state index is -4.33. The number of fused-ring (bicyclic) bond motifs is 1. The van der Waals surface area contributed by atoms with E-state index < -0.39 is 11.7 Å². The fourth-order valence-electron chi connectivity index (χ4n) is 2.68. The average Bonchev–Trinajstić information content (AvgIpc) is 2.75. The number of para-hydroxylation sites is 2. The molecule has 110 valence electrons. The molecule has 0 amide bonds. The van der Waals surface area contributed by atoms with Crippen LogP contribution in [0.5, 0.6) is 0 Å². The zero-order valence-corrected chi connectivity index (χ0v) is 11.8. The maximum atomic E-state index is 13.0. The first-order chi connectivity index (χ1) is 9.86. The molecule has 2 aromatic rings. The standard InChI is InChI=1S/C16H15F3N2/c1-11-7-12(16(17,18)19)9-13(8-11)21-10-20(2)14-5-3-4-6-15(14)21/h3-9H,10H2,1-2H3. The zero-order chi connectivity index (χ0) is 15.2. The van der Waals surface area contributed by atoms with Crippen molar-refractivity contribution >= 4 is 17.1 Å². The summed E-state index contributed by atoms with van der Waals surface area (Å²) in [5.41, 5.74) is 2.52. The monoisotopic (exact) mass is 292 g/mol. The quantitative estimate of drug-likeness (QED) is 0.760. The van der Waals surface area contributed by atoms with E-state index in [1.165, 1.54) is 12.1 Å². The Balaban J connectivity index is 2.08. The Kier molecular flexibility index (Phi) is 3.08. The normalized spacial score (nSPS) is 14.5. The van der Waals surface area contributed by atoms with Crippen molar-refractivity contribution in [2.24, 2.45) is 0 Å². The summed E-state index contributed by atoms with van der Waals surface area (Å²) >= 11 is 0. The number of halogens is 3. The van der Waals surface area contributed by atoms with Gasteiger partial charge in [-0.1, -0.05) is 12.1 Å². The fourth-order valence-corrected chi connectivity index (χ4v) is 2.68. The first-order valence-electron chi connectivity index (χ1n) is 6.63.